The largest absolute Gasteiger partial charge is 0.391 e. The van der Waals surface area contributed by atoms with Crippen molar-refractivity contribution in [2.75, 3.05) is 5.32 Å². The molecule has 3 atom stereocenters. The fraction of sp³-hybridized carbons (Fsp3) is 0.462. The highest BCUT2D eigenvalue weighted by Crippen LogP contribution is 2.35. The number of hydrogen-bond acceptors (Lipinski definition) is 7. The van der Waals surface area contributed by atoms with E-state index in [9.17, 15) is 10.2 Å². The molecule has 0 spiro atoms. The van der Waals surface area contributed by atoms with E-state index in [1.807, 2.05) is 35.4 Å². The molecule has 5 rings (SSSR count). The van der Waals surface area contributed by atoms with Gasteiger partial charge in [-0.25, -0.2) is 19.3 Å². The van der Waals surface area contributed by atoms with Crippen molar-refractivity contribution in [3.63, 3.8) is 0 Å². The number of fused-ring (bicyclic) bond motifs is 1. The number of nitrogens with one attached hydrogen (secondary N) is 1. The molecule has 0 bridgehead atoms. The summed E-state index contributed by atoms with van der Waals surface area (Å²) in [6.45, 7) is 7.16. The van der Waals surface area contributed by atoms with Gasteiger partial charge in [-0.15, -0.1) is 0 Å². The Balaban J connectivity index is 1.46. The molecule has 3 N–H and O–H groups in total. The predicted octanol–water partition coefficient (Wildman–Crippen LogP) is 4.86. The second-order valence-electron chi connectivity index (χ2n) is 10.4. The van der Waals surface area contributed by atoms with Gasteiger partial charge in [0.2, 0.25) is 5.95 Å². The maximum atomic E-state index is 15.3. The maximum Gasteiger partial charge on any atom is 0.223 e. The number of aliphatic hydroxyl groups excluding tert-OH is 1. The monoisotopic (exact) mass is 527 g/mol. The fourth-order valence-corrected chi connectivity index (χ4v) is 5.28. The zero-order valence-corrected chi connectivity index (χ0v) is 22.0. The van der Waals surface area contributed by atoms with Gasteiger partial charge in [0.25, 0.3) is 0 Å². The number of aliphatic hydroxyl groups is 2. The topological polar surface area (TPSA) is 114 Å². The lowest BCUT2D eigenvalue weighted by Gasteiger charge is -2.33. The third kappa shape index (κ3) is 4.93. The van der Waals surface area contributed by atoms with Crippen LogP contribution in [0.25, 0.3) is 22.3 Å². The summed E-state index contributed by atoms with van der Waals surface area (Å²) in [6, 6.07) is 4.83. The summed E-state index contributed by atoms with van der Waals surface area (Å²) in [6.07, 6.45) is 6.62. The highest BCUT2D eigenvalue weighted by atomic mass is 35.5. The average molecular weight is 528 g/mol. The predicted molar refractivity (Wildman–Crippen MR) is 140 cm³/mol. The van der Waals surface area contributed by atoms with Gasteiger partial charge in [0.15, 0.2) is 5.82 Å². The highest BCUT2D eigenvalue weighted by molar-refractivity contribution is 6.33. The number of anilines is 1. The zero-order valence-electron chi connectivity index (χ0n) is 21.2. The Labute approximate surface area is 219 Å². The van der Waals surface area contributed by atoms with Crippen LogP contribution in [0.3, 0.4) is 0 Å². The van der Waals surface area contributed by atoms with E-state index in [4.69, 9.17) is 11.6 Å². The van der Waals surface area contributed by atoms with Crippen LogP contribution in [-0.4, -0.2) is 51.7 Å². The molecule has 0 saturated heterocycles. The van der Waals surface area contributed by atoms with Crippen LogP contribution in [-0.2, 0) is 5.60 Å². The normalized spacial score (nSPS) is 20.6. The molecule has 196 valence electrons. The van der Waals surface area contributed by atoms with E-state index in [1.165, 1.54) is 12.3 Å². The summed E-state index contributed by atoms with van der Waals surface area (Å²) in [5.41, 5.74) is 0.291. The zero-order chi connectivity index (χ0) is 26.5. The van der Waals surface area contributed by atoms with Crippen molar-refractivity contribution in [3.8, 4) is 11.3 Å². The molecule has 4 aromatic rings. The second-order valence-corrected chi connectivity index (χ2v) is 10.9. The first-order valence-electron chi connectivity index (χ1n) is 12.4. The van der Waals surface area contributed by atoms with Crippen molar-refractivity contribution in [3.05, 3.63) is 53.5 Å². The van der Waals surface area contributed by atoms with Crippen molar-refractivity contribution in [2.24, 2.45) is 0 Å². The van der Waals surface area contributed by atoms with Gasteiger partial charge in [-0.3, -0.25) is 4.68 Å². The Hall–Kier alpha value is -3.08. The van der Waals surface area contributed by atoms with Crippen molar-refractivity contribution < 1.29 is 14.6 Å². The van der Waals surface area contributed by atoms with Crippen LogP contribution in [0, 0.1) is 5.82 Å². The number of halogens is 2. The lowest BCUT2D eigenvalue weighted by molar-refractivity contribution is 0.0641. The van der Waals surface area contributed by atoms with E-state index in [0.717, 1.165) is 6.42 Å². The van der Waals surface area contributed by atoms with Crippen molar-refractivity contribution in [1.29, 1.82) is 0 Å². The van der Waals surface area contributed by atoms with Gasteiger partial charge >= 0.3 is 0 Å². The molecule has 11 heteroatoms. The molecular formula is C26H31ClFN7O2. The van der Waals surface area contributed by atoms with Crippen LogP contribution in [0.15, 0.2) is 36.8 Å². The van der Waals surface area contributed by atoms with E-state index >= 15 is 4.39 Å². The number of hydrogen-bond donors (Lipinski definition) is 3. The van der Waals surface area contributed by atoms with Crippen LogP contribution in [0.2, 0.25) is 5.02 Å². The quantitative estimate of drug-likeness (QED) is 0.328. The maximum absolute atomic E-state index is 15.3. The number of nitrogens with zero attached hydrogens (tertiary/aromatic N) is 6. The van der Waals surface area contributed by atoms with Crippen LogP contribution in [0.1, 0.15) is 64.9 Å². The Bertz CT molecular complexity index is 1410. The average Bonchev–Trinajstić information content (AvgIpc) is 3.50. The first-order valence-corrected chi connectivity index (χ1v) is 12.8. The van der Waals surface area contributed by atoms with Crippen LogP contribution >= 0.6 is 11.6 Å². The number of rotatable bonds is 6. The summed E-state index contributed by atoms with van der Waals surface area (Å²) in [5.74, 6) is 0.148. The number of aromatic nitrogens is 6. The van der Waals surface area contributed by atoms with E-state index in [1.54, 1.807) is 26.1 Å². The summed E-state index contributed by atoms with van der Waals surface area (Å²) in [5, 5.41) is 29.2. The molecule has 3 heterocycles. The molecule has 1 saturated carbocycles. The molecule has 0 unspecified atom stereocenters. The first kappa shape index (κ1) is 25.6. The van der Waals surface area contributed by atoms with Crippen LogP contribution in [0.4, 0.5) is 10.3 Å². The minimum absolute atomic E-state index is 0.0717. The SMILES string of the molecule is CC(C)n1c(C(C)(C)O)nc2c(F)cc(-c3nc(N[C@@H]4CC[C@@H](n5cccn5)C[C@H]4O)ncc3Cl)cc21. The third-order valence-electron chi connectivity index (χ3n) is 6.83. The summed E-state index contributed by atoms with van der Waals surface area (Å²) < 4.78 is 19.0. The van der Waals surface area contributed by atoms with Gasteiger partial charge in [-0.05, 0) is 65.2 Å². The third-order valence-corrected chi connectivity index (χ3v) is 7.11. The standard InChI is InChI=1S/C26H31ClFN7O2/c1-14(2)35-20-11-15(10-18(28)23(20)32-24(35)26(3,4)37)22-17(27)13-29-25(33-22)31-19-7-6-16(12-21(19)36)34-9-5-8-30-34/h5,8-11,13-14,16,19,21,36-37H,6-7,12H2,1-4H3,(H,29,31,33)/t16-,19-,21-/m1/s1. The molecule has 0 aliphatic heterocycles. The van der Waals surface area contributed by atoms with Gasteiger partial charge in [0.05, 0.1) is 40.6 Å². The van der Waals surface area contributed by atoms with Gasteiger partial charge in [-0.1, -0.05) is 11.6 Å². The van der Waals surface area contributed by atoms with Crippen LogP contribution in [0.5, 0.6) is 0 Å². The first-order chi connectivity index (χ1) is 17.5. The molecule has 1 aromatic carbocycles. The Morgan fingerprint density at radius 2 is 2.00 bits per heavy atom. The van der Waals surface area contributed by atoms with Crippen molar-refractivity contribution in [2.45, 2.75) is 76.8 Å². The van der Waals surface area contributed by atoms with Crippen molar-refractivity contribution >= 4 is 28.6 Å². The Morgan fingerprint density at radius 1 is 1.22 bits per heavy atom. The smallest absolute Gasteiger partial charge is 0.223 e. The van der Waals surface area contributed by atoms with Gasteiger partial charge in [-0.2, -0.15) is 5.10 Å². The number of benzene rings is 1. The summed E-state index contributed by atoms with van der Waals surface area (Å²) >= 11 is 6.47. The van der Waals surface area contributed by atoms with E-state index in [0.29, 0.717) is 41.4 Å². The molecular weight excluding hydrogens is 497 g/mol. The van der Waals surface area contributed by atoms with Crippen LogP contribution < -0.4 is 5.32 Å². The molecule has 0 radical (unpaired) electrons. The Kier molecular flexibility index (Phi) is 6.68. The molecule has 9 nitrogen and oxygen atoms in total. The molecule has 37 heavy (non-hydrogen) atoms. The molecule has 1 fully saturated rings. The van der Waals surface area contributed by atoms with E-state index in [2.05, 4.69) is 25.4 Å². The molecule has 0 amide bonds. The molecule has 1 aliphatic rings. The Morgan fingerprint density at radius 3 is 2.65 bits per heavy atom. The minimum Gasteiger partial charge on any atom is -0.391 e. The highest BCUT2D eigenvalue weighted by Gasteiger charge is 2.31. The van der Waals surface area contributed by atoms with Gasteiger partial charge < -0.3 is 20.1 Å². The summed E-state index contributed by atoms with van der Waals surface area (Å²) in [4.78, 5) is 13.3. The molecule has 1 aliphatic carbocycles. The van der Waals surface area contributed by atoms with Gasteiger partial charge in [0, 0.05) is 24.0 Å². The fourth-order valence-electron chi connectivity index (χ4n) is 5.08. The van der Waals surface area contributed by atoms with E-state index in [-0.39, 0.29) is 28.7 Å². The van der Waals surface area contributed by atoms with Crippen molar-refractivity contribution in [1.82, 2.24) is 29.3 Å². The lowest BCUT2D eigenvalue weighted by Crippen LogP contribution is -2.40. The van der Waals surface area contributed by atoms with E-state index < -0.39 is 17.5 Å². The second kappa shape index (κ2) is 9.66. The molecule has 3 aromatic heterocycles. The minimum atomic E-state index is -1.25. The summed E-state index contributed by atoms with van der Waals surface area (Å²) in [7, 11) is 0. The van der Waals surface area contributed by atoms with Gasteiger partial charge in [0.1, 0.15) is 16.9 Å². The number of imidazole rings is 1. The lowest BCUT2D eigenvalue weighted by atomic mass is 9.89.